The van der Waals surface area contributed by atoms with E-state index in [4.69, 9.17) is 4.74 Å². The van der Waals surface area contributed by atoms with Crippen LogP contribution in [0.4, 0.5) is 24.9 Å². The maximum absolute atomic E-state index is 15.1. The Balaban J connectivity index is 1.84. The van der Waals surface area contributed by atoms with Crippen LogP contribution in [0.2, 0.25) is 0 Å². The third-order valence-corrected chi connectivity index (χ3v) is 4.47. The first-order chi connectivity index (χ1) is 14.4. The van der Waals surface area contributed by atoms with Crippen LogP contribution in [0.3, 0.4) is 0 Å². The molecule has 2 N–H and O–H groups in total. The van der Waals surface area contributed by atoms with E-state index in [1.54, 1.807) is 22.6 Å². The normalized spacial score (nSPS) is 11.9. The summed E-state index contributed by atoms with van der Waals surface area (Å²) in [5.41, 5.74) is 1.35. The lowest BCUT2D eigenvalue weighted by Gasteiger charge is -2.18. The van der Waals surface area contributed by atoms with Crippen molar-refractivity contribution < 1.29 is 17.9 Å². The number of fused-ring (bicyclic) bond motifs is 1. The molecule has 0 aliphatic rings. The summed E-state index contributed by atoms with van der Waals surface area (Å²) < 4.78 is 50.6. The number of alkyl halides is 2. The van der Waals surface area contributed by atoms with Gasteiger partial charge < -0.3 is 10.1 Å². The Morgan fingerprint density at radius 3 is 2.57 bits per heavy atom. The number of hydrogen-bond donors (Lipinski definition) is 2. The predicted molar refractivity (Wildman–Crippen MR) is 104 cm³/mol. The molecular weight excluding hydrogens is 397 g/mol. The quantitative estimate of drug-likeness (QED) is 0.469. The first-order valence-electron chi connectivity index (χ1n) is 9.28. The number of aromatic amines is 1. The number of ether oxygens (including phenoxy) is 1. The zero-order valence-electron chi connectivity index (χ0n) is 16.3. The van der Waals surface area contributed by atoms with E-state index in [2.05, 4.69) is 25.5 Å². The summed E-state index contributed by atoms with van der Waals surface area (Å²) in [4.78, 5) is 8.17. The first kappa shape index (κ1) is 19.9. The molecule has 7 nitrogen and oxygen atoms in total. The van der Waals surface area contributed by atoms with Crippen molar-refractivity contribution in [3.05, 3.63) is 71.1 Å². The van der Waals surface area contributed by atoms with Gasteiger partial charge >= 0.3 is 5.92 Å². The summed E-state index contributed by atoms with van der Waals surface area (Å²) >= 11 is 0. The molecule has 3 heterocycles. The molecule has 0 spiro atoms. The van der Waals surface area contributed by atoms with Crippen LogP contribution in [0.25, 0.3) is 5.65 Å². The molecule has 10 heteroatoms. The standard InChI is InChI=1S/C20H19F3N6O/c1-3-30-11-15-8-9-17-25-18(20(22,23)13-4-6-14(21)7-5-13)26-19(29(15)17)24-16-10-12(2)27-28-16/h4-10H,3,11H2,1-2H3,(H2,24,25,26,27,28). The van der Waals surface area contributed by atoms with Crippen molar-refractivity contribution in [3.63, 3.8) is 0 Å². The SMILES string of the molecule is CCOCc1ccc2nc(C(F)(F)c3ccc(F)cc3)nc(Nc3cc(C)[nH]n3)n12. The Morgan fingerprint density at radius 2 is 1.90 bits per heavy atom. The largest absolute Gasteiger partial charge is 0.376 e. The van der Waals surface area contributed by atoms with Crippen molar-refractivity contribution >= 4 is 17.4 Å². The van der Waals surface area contributed by atoms with Crippen LogP contribution in [-0.2, 0) is 17.3 Å². The Labute approximate surface area is 169 Å². The van der Waals surface area contributed by atoms with E-state index in [0.717, 1.165) is 30.0 Å². The highest BCUT2D eigenvalue weighted by Gasteiger charge is 2.38. The molecule has 1 aromatic carbocycles. The summed E-state index contributed by atoms with van der Waals surface area (Å²) in [6.45, 7) is 4.43. The van der Waals surface area contributed by atoms with Crippen LogP contribution in [0.1, 0.15) is 29.7 Å². The topological polar surface area (TPSA) is 80.1 Å². The van der Waals surface area contributed by atoms with Gasteiger partial charge in [-0.05, 0) is 50.2 Å². The van der Waals surface area contributed by atoms with Gasteiger partial charge in [-0.1, -0.05) is 0 Å². The van der Waals surface area contributed by atoms with E-state index in [-0.39, 0.29) is 18.2 Å². The Bertz CT molecular complexity index is 1170. The molecule has 0 unspecified atom stereocenters. The molecule has 3 aromatic heterocycles. The number of halogens is 3. The van der Waals surface area contributed by atoms with Gasteiger partial charge in [0.2, 0.25) is 11.8 Å². The van der Waals surface area contributed by atoms with E-state index in [1.165, 1.54) is 0 Å². The number of benzene rings is 1. The van der Waals surface area contributed by atoms with Crippen LogP contribution in [0, 0.1) is 12.7 Å². The van der Waals surface area contributed by atoms with Gasteiger partial charge in [-0.3, -0.25) is 9.50 Å². The van der Waals surface area contributed by atoms with Gasteiger partial charge in [0.25, 0.3) is 0 Å². The number of rotatable bonds is 7. The minimum atomic E-state index is -3.53. The fourth-order valence-electron chi connectivity index (χ4n) is 3.01. The zero-order chi connectivity index (χ0) is 21.3. The Hall–Kier alpha value is -3.40. The highest BCUT2D eigenvalue weighted by Crippen LogP contribution is 2.35. The van der Waals surface area contributed by atoms with Crippen LogP contribution >= 0.6 is 0 Å². The highest BCUT2D eigenvalue weighted by atomic mass is 19.3. The highest BCUT2D eigenvalue weighted by molar-refractivity contribution is 5.56. The van der Waals surface area contributed by atoms with Gasteiger partial charge in [0, 0.05) is 23.9 Å². The number of anilines is 2. The first-order valence-corrected chi connectivity index (χ1v) is 9.28. The van der Waals surface area contributed by atoms with E-state index in [9.17, 15) is 4.39 Å². The van der Waals surface area contributed by atoms with Crippen molar-refractivity contribution in [1.82, 2.24) is 24.6 Å². The summed E-state index contributed by atoms with van der Waals surface area (Å²) in [5.74, 6) is -4.31. The molecule has 0 radical (unpaired) electrons. The number of nitrogens with zero attached hydrogens (tertiary/aromatic N) is 4. The molecule has 0 atom stereocenters. The third-order valence-electron chi connectivity index (χ3n) is 4.47. The smallest absolute Gasteiger partial charge is 0.331 e. The van der Waals surface area contributed by atoms with Gasteiger partial charge in [0.15, 0.2) is 5.82 Å². The van der Waals surface area contributed by atoms with E-state index in [1.807, 2.05) is 13.8 Å². The minimum Gasteiger partial charge on any atom is -0.376 e. The summed E-state index contributed by atoms with van der Waals surface area (Å²) in [7, 11) is 0. The molecule has 0 aliphatic heterocycles. The van der Waals surface area contributed by atoms with Gasteiger partial charge in [-0.15, -0.1) is 0 Å². The fraction of sp³-hybridized carbons (Fsp3) is 0.250. The average molecular weight is 416 g/mol. The lowest BCUT2D eigenvalue weighted by atomic mass is 10.1. The summed E-state index contributed by atoms with van der Waals surface area (Å²) in [6.07, 6.45) is 0. The molecule has 0 amide bonds. The molecule has 0 saturated heterocycles. The molecule has 4 rings (SSSR count). The third kappa shape index (κ3) is 3.73. The second-order valence-electron chi connectivity index (χ2n) is 6.67. The molecular formula is C20H19F3N6O. The zero-order valence-corrected chi connectivity index (χ0v) is 16.3. The molecule has 4 aromatic rings. The van der Waals surface area contributed by atoms with Gasteiger partial charge in [0.1, 0.15) is 11.5 Å². The lowest BCUT2D eigenvalue weighted by molar-refractivity contribution is 0.0329. The maximum atomic E-state index is 15.1. The Kier molecular flexibility index (Phi) is 5.17. The molecule has 0 saturated carbocycles. The maximum Gasteiger partial charge on any atom is 0.331 e. The molecule has 0 fully saturated rings. The fourth-order valence-corrected chi connectivity index (χ4v) is 3.01. The van der Waals surface area contributed by atoms with Crippen LogP contribution in [0.15, 0.2) is 42.5 Å². The van der Waals surface area contributed by atoms with Gasteiger partial charge in [-0.25, -0.2) is 9.37 Å². The van der Waals surface area contributed by atoms with Gasteiger partial charge in [0.05, 0.1) is 12.3 Å². The number of H-pyrrole nitrogens is 1. The Morgan fingerprint density at radius 1 is 1.13 bits per heavy atom. The second-order valence-corrected chi connectivity index (χ2v) is 6.67. The van der Waals surface area contributed by atoms with Crippen molar-refractivity contribution in [1.29, 1.82) is 0 Å². The number of aryl methyl sites for hydroxylation is 1. The van der Waals surface area contributed by atoms with E-state index in [0.29, 0.717) is 18.1 Å². The van der Waals surface area contributed by atoms with E-state index >= 15 is 8.78 Å². The number of nitrogens with one attached hydrogen (secondary N) is 2. The van der Waals surface area contributed by atoms with Crippen molar-refractivity contribution in [3.8, 4) is 0 Å². The monoisotopic (exact) mass is 416 g/mol. The average Bonchev–Trinajstić information content (AvgIpc) is 3.32. The number of aromatic nitrogens is 5. The molecule has 156 valence electrons. The minimum absolute atomic E-state index is 0.114. The van der Waals surface area contributed by atoms with Crippen LogP contribution in [-0.4, -0.2) is 31.2 Å². The molecule has 0 bridgehead atoms. The van der Waals surface area contributed by atoms with Gasteiger partial charge in [-0.2, -0.15) is 18.9 Å². The van der Waals surface area contributed by atoms with Crippen molar-refractivity contribution in [2.75, 3.05) is 11.9 Å². The molecule has 0 aliphatic carbocycles. The van der Waals surface area contributed by atoms with Crippen LogP contribution < -0.4 is 5.32 Å². The summed E-state index contributed by atoms with van der Waals surface area (Å²) in [5, 5.41) is 9.83. The number of hydrogen-bond acceptors (Lipinski definition) is 5. The van der Waals surface area contributed by atoms with Crippen LogP contribution in [0.5, 0.6) is 0 Å². The van der Waals surface area contributed by atoms with E-state index < -0.39 is 23.1 Å². The predicted octanol–water partition coefficient (Wildman–Crippen LogP) is 4.32. The second kappa shape index (κ2) is 7.79. The summed E-state index contributed by atoms with van der Waals surface area (Å²) in [6, 6.07) is 9.06. The molecule has 30 heavy (non-hydrogen) atoms. The van der Waals surface area contributed by atoms with Crippen molar-refractivity contribution in [2.24, 2.45) is 0 Å². The lowest BCUT2D eigenvalue weighted by Crippen LogP contribution is -2.21. The van der Waals surface area contributed by atoms with Crippen molar-refractivity contribution in [2.45, 2.75) is 26.4 Å².